The molecule has 0 amide bonds. The van der Waals surface area contributed by atoms with Gasteiger partial charge in [-0.2, -0.15) is 0 Å². The maximum atomic E-state index is 10.4. The Hall–Kier alpha value is -0.640. The quantitative estimate of drug-likeness (QED) is 0.447. The summed E-state index contributed by atoms with van der Waals surface area (Å²) in [7, 11) is 0. The van der Waals surface area contributed by atoms with E-state index in [1.54, 1.807) is 6.92 Å². The van der Waals surface area contributed by atoms with Crippen LogP contribution in [0.25, 0.3) is 0 Å². The second kappa shape index (κ2) is 3.67. The molecule has 1 heterocycles. The standard InChI is InChI=1S/C7H13NO3/c1-6(8(9)10)7-2-4-11-5-3-7/h6-7H,2-5H2,1H3. The van der Waals surface area contributed by atoms with E-state index in [9.17, 15) is 10.1 Å². The molecule has 0 aliphatic carbocycles. The summed E-state index contributed by atoms with van der Waals surface area (Å²) in [5.41, 5.74) is 0. The van der Waals surface area contributed by atoms with E-state index in [1.807, 2.05) is 0 Å². The van der Waals surface area contributed by atoms with Gasteiger partial charge in [-0.05, 0) is 12.8 Å². The summed E-state index contributed by atoms with van der Waals surface area (Å²) in [6.45, 7) is 3.04. The van der Waals surface area contributed by atoms with Gasteiger partial charge in [0.2, 0.25) is 6.04 Å². The molecule has 0 bridgehead atoms. The van der Waals surface area contributed by atoms with Crippen LogP contribution in [0.4, 0.5) is 0 Å². The molecule has 4 heteroatoms. The SMILES string of the molecule is CC(C1CCOCC1)[N+](=O)[O-]. The Balaban J connectivity index is 2.38. The van der Waals surface area contributed by atoms with Gasteiger partial charge in [-0.25, -0.2) is 0 Å². The normalized spacial score (nSPS) is 23.0. The van der Waals surface area contributed by atoms with Gasteiger partial charge in [-0.15, -0.1) is 0 Å². The van der Waals surface area contributed by atoms with E-state index in [1.165, 1.54) is 0 Å². The lowest BCUT2D eigenvalue weighted by molar-refractivity contribution is -0.529. The lowest BCUT2D eigenvalue weighted by atomic mass is 9.93. The van der Waals surface area contributed by atoms with Crippen LogP contribution in [0, 0.1) is 16.0 Å². The van der Waals surface area contributed by atoms with Crippen LogP contribution >= 0.6 is 0 Å². The molecule has 0 radical (unpaired) electrons. The zero-order chi connectivity index (χ0) is 8.27. The fourth-order valence-electron chi connectivity index (χ4n) is 1.37. The van der Waals surface area contributed by atoms with Crippen molar-refractivity contribution in [1.29, 1.82) is 0 Å². The van der Waals surface area contributed by atoms with Crippen LogP contribution < -0.4 is 0 Å². The molecule has 1 saturated heterocycles. The van der Waals surface area contributed by atoms with Crippen molar-refractivity contribution in [3.05, 3.63) is 10.1 Å². The molecule has 11 heavy (non-hydrogen) atoms. The molecule has 0 aromatic rings. The average molecular weight is 159 g/mol. The lowest BCUT2D eigenvalue weighted by Gasteiger charge is -2.22. The predicted molar refractivity (Wildman–Crippen MR) is 40.0 cm³/mol. The van der Waals surface area contributed by atoms with E-state index < -0.39 is 6.04 Å². The third-order valence-electron chi connectivity index (χ3n) is 2.28. The molecule has 1 aliphatic rings. The van der Waals surface area contributed by atoms with Crippen molar-refractivity contribution in [2.45, 2.75) is 25.8 Å². The molecule has 0 spiro atoms. The summed E-state index contributed by atoms with van der Waals surface area (Å²) in [6, 6.07) is -0.404. The smallest absolute Gasteiger partial charge is 0.213 e. The first kappa shape index (κ1) is 8.46. The fraction of sp³-hybridized carbons (Fsp3) is 1.00. The van der Waals surface area contributed by atoms with E-state index in [0.29, 0.717) is 13.2 Å². The Kier molecular flexibility index (Phi) is 2.82. The van der Waals surface area contributed by atoms with E-state index in [2.05, 4.69) is 0 Å². The van der Waals surface area contributed by atoms with Crippen LogP contribution in [0.5, 0.6) is 0 Å². The molecule has 64 valence electrons. The number of hydrogen-bond acceptors (Lipinski definition) is 3. The zero-order valence-electron chi connectivity index (χ0n) is 6.66. The van der Waals surface area contributed by atoms with Gasteiger partial charge in [0.15, 0.2) is 0 Å². The molecule has 1 unspecified atom stereocenters. The number of nitrogens with zero attached hydrogens (tertiary/aromatic N) is 1. The number of nitro groups is 1. The summed E-state index contributed by atoms with van der Waals surface area (Å²) in [6.07, 6.45) is 1.67. The largest absolute Gasteiger partial charge is 0.381 e. The third-order valence-corrected chi connectivity index (χ3v) is 2.28. The van der Waals surface area contributed by atoms with Crippen molar-refractivity contribution < 1.29 is 9.66 Å². The Bertz CT molecular complexity index is 143. The summed E-state index contributed by atoms with van der Waals surface area (Å²) < 4.78 is 5.11. The van der Waals surface area contributed by atoms with Crippen molar-refractivity contribution in [2.24, 2.45) is 5.92 Å². The minimum absolute atomic E-state index is 0.198. The molecular weight excluding hydrogens is 146 g/mol. The minimum Gasteiger partial charge on any atom is -0.381 e. The van der Waals surface area contributed by atoms with Crippen molar-refractivity contribution in [2.75, 3.05) is 13.2 Å². The first-order valence-corrected chi connectivity index (χ1v) is 3.93. The van der Waals surface area contributed by atoms with Gasteiger partial charge in [0.05, 0.1) is 0 Å². The monoisotopic (exact) mass is 159 g/mol. The van der Waals surface area contributed by atoms with E-state index >= 15 is 0 Å². The molecule has 1 atom stereocenters. The summed E-state index contributed by atoms with van der Waals surface area (Å²) in [4.78, 5) is 10.2. The van der Waals surface area contributed by atoms with Gasteiger partial charge < -0.3 is 4.74 Å². The second-order valence-corrected chi connectivity index (χ2v) is 2.98. The average Bonchev–Trinajstić information content (AvgIpc) is 2.05. The fourth-order valence-corrected chi connectivity index (χ4v) is 1.37. The maximum absolute atomic E-state index is 10.4. The highest BCUT2D eigenvalue weighted by Crippen LogP contribution is 2.19. The van der Waals surface area contributed by atoms with E-state index in [-0.39, 0.29) is 10.8 Å². The highest BCUT2D eigenvalue weighted by Gasteiger charge is 2.27. The number of hydrogen-bond donors (Lipinski definition) is 0. The zero-order valence-corrected chi connectivity index (χ0v) is 6.66. The molecule has 0 N–H and O–H groups in total. The van der Waals surface area contributed by atoms with Crippen molar-refractivity contribution in [3.63, 3.8) is 0 Å². The summed E-state index contributed by atoms with van der Waals surface area (Å²) >= 11 is 0. The summed E-state index contributed by atoms with van der Waals surface area (Å²) in [5, 5.41) is 10.4. The van der Waals surface area contributed by atoms with Gasteiger partial charge in [0, 0.05) is 31.0 Å². The van der Waals surface area contributed by atoms with E-state index in [0.717, 1.165) is 12.8 Å². The first-order valence-electron chi connectivity index (χ1n) is 3.93. The van der Waals surface area contributed by atoms with Crippen LogP contribution in [-0.4, -0.2) is 24.2 Å². The molecule has 0 aromatic heterocycles. The Morgan fingerprint density at radius 3 is 2.55 bits per heavy atom. The number of rotatable bonds is 2. The molecule has 0 aromatic carbocycles. The molecular formula is C7H13NO3. The van der Waals surface area contributed by atoms with Crippen LogP contribution in [0.2, 0.25) is 0 Å². The molecule has 1 rings (SSSR count). The number of ether oxygens (including phenoxy) is 1. The van der Waals surface area contributed by atoms with E-state index in [4.69, 9.17) is 4.74 Å². The van der Waals surface area contributed by atoms with Crippen molar-refractivity contribution in [3.8, 4) is 0 Å². The Morgan fingerprint density at radius 1 is 1.55 bits per heavy atom. The van der Waals surface area contributed by atoms with Gasteiger partial charge in [-0.1, -0.05) is 0 Å². The van der Waals surface area contributed by atoms with Crippen LogP contribution in [-0.2, 0) is 4.74 Å². The lowest BCUT2D eigenvalue weighted by Crippen LogP contribution is -2.30. The van der Waals surface area contributed by atoms with Gasteiger partial charge in [0.1, 0.15) is 0 Å². The van der Waals surface area contributed by atoms with Crippen molar-refractivity contribution in [1.82, 2.24) is 0 Å². The van der Waals surface area contributed by atoms with Crippen LogP contribution in [0.1, 0.15) is 19.8 Å². The summed E-state index contributed by atoms with van der Waals surface area (Å²) in [5.74, 6) is 0.221. The molecule has 1 fully saturated rings. The minimum atomic E-state index is -0.404. The third kappa shape index (κ3) is 2.15. The first-order chi connectivity index (χ1) is 5.22. The van der Waals surface area contributed by atoms with Gasteiger partial charge in [-0.3, -0.25) is 10.1 Å². The Morgan fingerprint density at radius 2 is 2.09 bits per heavy atom. The predicted octanol–water partition coefficient (Wildman–Crippen LogP) is 1.08. The van der Waals surface area contributed by atoms with Gasteiger partial charge >= 0.3 is 0 Å². The maximum Gasteiger partial charge on any atom is 0.213 e. The van der Waals surface area contributed by atoms with Crippen LogP contribution in [0.15, 0.2) is 0 Å². The van der Waals surface area contributed by atoms with Crippen LogP contribution in [0.3, 0.4) is 0 Å². The van der Waals surface area contributed by atoms with Gasteiger partial charge in [0.25, 0.3) is 0 Å². The highest BCUT2D eigenvalue weighted by atomic mass is 16.6. The topological polar surface area (TPSA) is 52.4 Å². The van der Waals surface area contributed by atoms with Crippen molar-refractivity contribution >= 4 is 0 Å². The molecule has 0 saturated carbocycles. The second-order valence-electron chi connectivity index (χ2n) is 2.98. The Labute approximate surface area is 65.7 Å². The molecule has 4 nitrogen and oxygen atoms in total. The highest BCUT2D eigenvalue weighted by molar-refractivity contribution is 4.68. The molecule has 1 aliphatic heterocycles.